The van der Waals surface area contributed by atoms with E-state index in [0.29, 0.717) is 26.5 Å². The van der Waals surface area contributed by atoms with E-state index < -0.39 is 0 Å². The molecule has 3 nitrogen and oxygen atoms in total. The van der Waals surface area contributed by atoms with E-state index in [-0.39, 0.29) is 5.91 Å². The van der Waals surface area contributed by atoms with Crippen LogP contribution in [0.4, 0.5) is 11.4 Å². The van der Waals surface area contributed by atoms with Crippen molar-refractivity contribution in [2.24, 2.45) is 4.99 Å². The van der Waals surface area contributed by atoms with Crippen molar-refractivity contribution in [2.75, 3.05) is 5.32 Å². The largest absolute Gasteiger partial charge is 0.320 e. The first-order chi connectivity index (χ1) is 9.56. The third kappa shape index (κ3) is 2.29. The summed E-state index contributed by atoms with van der Waals surface area (Å²) in [4.78, 5) is 16.3. The molecular formula is C14H7Cl3N2O. The molecule has 0 aromatic heterocycles. The Bertz CT molecular complexity index is 756. The molecule has 0 saturated heterocycles. The molecule has 0 saturated carbocycles. The molecule has 1 amide bonds. The second-order valence-corrected chi connectivity index (χ2v) is 5.40. The highest BCUT2D eigenvalue weighted by Crippen LogP contribution is 2.35. The molecule has 20 heavy (non-hydrogen) atoms. The summed E-state index contributed by atoms with van der Waals surface area (Å²) >= 11 is 17.9. The summed E-state index contributed by atoms with van der Waals surface area (Å²) in [6.07, 6.45) is 0. The lowest BCUT2D eigenvalue weighted by Crippen LogP contribution is -2.13. The number of fused-ring (bicyclic) bond motifs is 1. The molecule has 100 valence electrons. The Labute approximate surface area is 130 Å². The third-order valence-electron chi connectivity index (χ3n) is 2.87. The predicted octanol–water partition coefficient (Wildman–Crippen LogP) is 4.72. The van der Waals surface area contributed by atoms with Crippen LogP contribution < -0.4 is 5.32 Å². The zero-order valence-corrected chi connectivity index (χ0v) is 12.2. The van der Waals surface area contributed by atoms with E-state index in [1.165, 1.54) is 12.1 Å². The number of hydrogen-bond acceptors (Lipinski definition) is 2. The van der Waals surface area contributed by atoms with Gasteiger partial charge in [-0.25, -0.2) is 4.99 Å². The molecular weight excluding hydrogens is 319 g/mol. The van der Waals surface area contributed by atoms with Gasteiger partial charge in [0.25, 0.3) is 5.91 Å². The smallest absolute Gasteiger partial charge is 0.275 e. The molecule has 1 aliphatic heterocycles. The highest BCUT2D eigenvalue weighted by Gasteiger charge is 2.25. The quantitative estimate of drug-likeness (QED) is 0.757. The van der Waals surface area contributed by atoms with Gasteiger partial charge in [0.2, 0.25) is 0 Å². The number of benzene rings is 2. The number of rotatable bonds is 1. The van der Waals surface area contributed by atoms with E-state index in [1.54, 1.807) is 0 Å². The van der Waals surface area contributed by atoms with Gasteiger partial charge in [-0.2, -0.15) is 0 Å². The second-order valence-electron chi connectivity index (χ2n) is 4.18. The van der Waals surface area contributed by atoms with Gasteiger partial charge in [0.15, 0.2) is 0 Å². The van der Waals surface area contributed by atoms with Crippen LogP contribution in [-0.4, -0.2) is 11.6 Å². The molecule has 6 heteroatoms. The maximum atomic E-state index is 12.0. The minimum absolute atomic E-state index is 0.270. The standard InChI is InChI=1S/C14H7Cl3N2O/c15-8-5-10(17)12(6-9(8)16)18-13-7-3-1-2-4-11(7)19-14(13)20/h1-6H,(H,18,19,20). The van der Waals surface area contributed by atoms with Crippen LogP contribution in [0.3, 0.4) is 0 Å². The van der Waals surface area contributed by atoms with Gasteiger partial charge < -0.3 is 5.32 Å². The number of halogens is 3. The summed E-state index contributed by atoms with van der Waals surface area (Å²) in [5, 5.41) is 3.76. The number of nitrogens with zero attached hydrogens (tertiary/aromatic N) is 1. The van der Waals surface area contributed by atoms with Gasteiger partial charge in [-0.3, -0.25) is 4.79 Å². The molecule has 2 aromatic carbocycles. The van der Waals surface area contributed by atoms with Crippen molar-refractivity contribution in [3.63, 3.8) is 0 Å². The van der Waals surface area contributed by atoms with Gasteiger partial charge in [0.05, 0.1) is 26.4 Å². The number of aliphatic imine (C=N–C) groups is 1. The van der Waals surface area contributed by atoms with E-state index in [2.05, 4.69) is 10.3 Å². The molecule has 0 aliphatic carbocycles. The molecule has 0 unspecified atom stereocenters. The average Bonchev–Trinajstić information content (AvgIpc) is 2.72. The molecule has 1 aliphatic rings. The number of hydrogen-bond donors (Lipinski definition) is 1. The fourth-order valence-corrected chi connectivity index (χ4v) is 2.51. The van der Waals surface area contributed by atoms with Crippen molar-refractivity contribution >= 4 is 57.8 Å². The Morgan fingerprint density at radius 1 is 0.950 bits per heavy atom. The van der Waals surface area contributed by atoms with E-state index in [4.69, 9.17) is 34.8 Å². The highest BCUT2D eigenvalue weighted by atomic mass is 35.5. The van der Waals surface area contributed by atoms with Crippen molar-refractivity contribution in [1.82, 2.24) is 0 Å². The summed E-state index contributed by atoms with van der Waals surface area (Å²) in [7, 11) is 0. The minimum atomic E-state index is -0.270. The van der Waals surface area contributed by atoms with Gasteiger partial charge in [-0.1, -0.05) is 53.0 Å². The summed E-state index contributed by atoms with van der Waals surface area (Å²) in [5.41, 5.74) is 2.18. The molecule has 0 bridgehead atoms. The first-order valence-electron chi connectivity index (χ1n) is 5.70. The summed E-state index contributed by atoms with van der Waals surface area (Å²) in [5.74, 6) is -0.270. The predicted molar refractivity (Wildman–Crippen MR) is 82.7 cm³/mol. The summed E-state index contributed by atoms with van der Waals surface area (Å²) in [6.45, 7) is 0. The first-order valence-corrected chi connectivity index (χ1v) is 6.83. The van der Waals surface area contributed by atoms with Crippen molar-refractivity contribution < 1.29 is 4.79 Å². The lowest BCUT2D eigenvalue weighted by atomic mass is 10.1. The molecule has 0 atom stereocenters. The maximum Gasteiger partial charge on any atom is 0.275 e. The highest BCUT2D eigenvalue weighted by molar-refractivity contribution is 6.54. The molecule has 2 aromatic rings. The number of carbonyl (C=O) groups excluding carboxylic acids is 1. The van der Waals surface area contributed by atoms with E-state index in [1.807, 2.05) is 24.3 Å². The van der Waals surface area contributed by atoms with Gasteiger partial charge in [-0.05, 0) is 18.2 Å². The van der Waals surface area contributed by atoms with E-state index in [0.717, 1.165) is 11.3 Å². The van der Waals surface area contributed by atoms with E-state index >= 15 is 0 Å². The normalized spacial score (nSPS) is 15.3. The fourth-order valence-electron chi connectivity index (χ4n) is 1.93. The lowest BCUT2D eigenvalue weighted by Gasteiger charge is -2.03. The van der Waals surface area contributed by atoms with Gasteiger partial charge in [0, 0.05) is 5.56 Å². The van der Waals surface area contributed by atoms with Gasteiger partial charge >= 0.3 is 0 Å². The van der Waals surface area contributed by atoms with Crippen molar-refractivity contribution in [2.45, 2.75) is 0 Å². The molecule has 0 spiro atoms. The zero-order valence-electron chi connectivity index (χ0n) is 9.95. The Morgan fingerprint density at radius 3 is 2.45 bits per heavy atom. The first kappa shape index (κ1) is 13.4. The van der Waals surface area contributed by atoms with Gasteiger partial charge in [0.1, 0.15) is 5.71 Å². The van der Waals surface area contributed by atoms with Crippen LogP contribution in [-0.2, 0) is 4.79 Å². The molecule has 1 heterocycles. The Morgan fingerprint density at radius 2 is 1.65 bits per heavy atom. The number of nitrogens with one attached hydrogen (secondary N) is 1. The van der Waals surface area contributed by atoms with Crippen LogP contribution in [0.15, 0.2) is 41.4 Å². The monoisotopic (exact) mass is 324 g/mol. The average molecular weight is 326 g/mol. The van der Waals surface area contributed by atoms with Crippen molar-refractivity contribution in [3.05, 3.63) is 57.0 Å². The number of carbonyl (C=O) groups is 1. The van der Waals surface area contributed by atoms with Crippen LogP contribution >= 0.6 is 34.8 Å². The number of amides is 1. The van der Waals surface area contributed by atoms with Crippen LogP contribution in [0.2, 0.25) is 15.1 Å². The summed E-state index contributed by atoms with van der Waals surface area (Å²) < 4.78 is 0. The lowest BCUT2D eigenvalue weighted by molar-refractivity contribution is -0.110. The van der Waals surface area contributed by atoms with Crippen LogP contribution in [0.25, 0.3) is 0 Å². The topological polar surface area (TPSA) is 41.5 Å². The second kappa shape index (κ2) is 5.09. The maximum absolute atomic E-state index is 12.0. The van der Waals surface area contributed by atoms with E-state index in [9.17, 15) is 4.79 Å². The zero-order chi connectivity index (χ0) is 14.3. The Kier molecular flexibility index (Phi) is 3.42. The fraction of sp³-hybridized carbons (Fsp3) is 0. The SMILES string of the molecule is O=C1Nc2ccccc2C1=Nc1cc(Cl)c(Cl)cc1Cl. The van der Waals surface area contributed by atoms with Crippen molar-refractivity contribution in [1.29, 1.82) is 0 Å². The van der Waals surface area contributed by atoms with Crippen LogP contribution in [0.5, 0.6) is 0 Å². The summed E-state index contributed by atoms with van der Waals surface area (Å²) in [6, 6.07) is 10.3. The Balaban J connectivity index is 2.14. The molecule has 0 radical (unpaired) electrons. The minimum Gasteiger partial charge on any atom is -0.320 e. The molecule has 1 N–H and O–H groups in total. The number of para-hydroxylation sites is 1. The van der Waals surface area contributed by atoms with Crippen LogP contribution in [0, 0.1) is 0 Å². The molecule has 3 rings (SSSR count). The van der Waals surface area contributed by atoms with Crippen molar-refractivity contribution in [3.8, 4) is 0 Å². The number of anilines is 1. The Hall–Kier alpha value is -1.55. The molecule has 0 fully saturated rings. The van der Waals surface area contributed by atoms with Crippen LogP contribution in [0.1, 0.15) is 5.56 Å². The third-order valence-corrected chi connectivity index (χ3v) is 3.89. The van der Waals surface area contributed by atoms with Gasteiger partial charge in [-0.15, -0.1) is 0 Å².